The van der Waals surface area contributed by atoms with Crippen LogP contribution in [0.15, 0.2) is 42.7 Å². The maximum absolute atomic E-state index is 12.1. The van der Waals surface area contributed by atoms with E-state index in [-0.39, 0.29) is 39.2 Å². The van der Waals surface area contributed by atoms with Crippen molar-refractivity contribution in [2.45, 2.75) is 25.8 Å². The zero-order chi connectivity index (χ0) is 18.2. The molecule has 0 spiro atoms. The zero-order valence-electron chi connectivity index (χ0n) is 14.2. The number of carboxylic acids is 1. The Hall–Kier alpha value is -2.12. The number of rotatable bonds is 8. The number of carbonyl (C=O) groups is 2. The molecule has 1 amide bonds. The van der Waals surface area contributed by atoms with Gasteiger partial charge in [0.25, 0.3) is 0 Å². The molecule has 1 aromatic carbocycles. The highest BCUT2D eigenvalue weighted by Crippen LogP contribution is 2.31. The van der Waals surface area contributed by atoms with E-state index in [0.717, 1.165) is 19.4 Å². The number of methoxy groups -OCH3 is 1. The first-order valence-corrected chi connectivity index (χ1v) is 8.24. The van der Waals surface area contributed by atoms with Crippen molar-refractivity contribution in [2.75, 3.05) is 12.4 Å². The fourth-order valence-electron chi connectivity index (χ4n) is 2.36. The molecule has 1 heterocycles. The lowest BCUT2D eigenvalue weighted by Crippen LogP contribution is -3.00. The molecule has 1 aromatic heterocycles. The Morgan fingerprint density at radius 1 is 1.19 bits per heavy atom. The van der Waals surface area contributed by atoms with Crippen molar-refractivity contribution in [3.63, 3.8) is 0 Å². The summed E-state index contributed by atoms with van der Waals surface area (Å²) in [6.07, 6.45) is 5.92. The highest BCUT2D eigenvalue weighted by atomic mass is 79.9. The average Bonchev–Trinajstić information content (AvgIpc) is 2.61. The Balaban J connectivity index is 0.00000338. The molecule has 0 saturated heterocycles. The van der Waals surface area contributed by atoms with Crippen LogP contribution in [0, 0.1) is 0 Å². The quantitative estimate of drug-likeness (QED) is 0.450. The number of aromatic carboxylic acids is 1. The molecule has 0 aliphatic heterocycles. The number of hydrogen-bond donors (Lipinski definition) is 2. The Bertz CT molecular complexity index is 756. The maximum Gasteiger partial charge on any atom is 0.339 e. The van der Waals surface area contributed by atoms with Crippen LogP contribution in [0.25, 0.3) is 0 Å². The van der Waals surface area contributed by atoms with Gasteiger partial charge in [0, 0.05) is 31.0 Å². The molecule has 0 radical (unpaired) electrons. The van der Waals surface area contributed by atoms with Gasteiger partial charge < -0.3 is 32.1 Å². The lowest BCUT2D eigenvalue weighted by atomic mass is 10.1. The number of halogens is 2. The third-order valence-corrected chi connectivity index (χ3v) is 3.95. The van der Waals surface area contributed by atoms with E-state index in [0.29, 0.717) is 12.1 Å². The van der Waals surface area contributed by atoms with Gasteiger partial charge in [-0.3, -0.25) is 4.79 Å². The van der Waals surface area contributed by atoms with Gasteiger partial charge in [-0.15, -0.1) is 0 Å². The van der Waals surface area contributed by atoms with Crippen LogP contribution >= 0.6 is 11.6 Å². The second-order valence-electron chi connectivity index (χ2n) is 5.46. The van der Waals surface area contributed by atoms with Crippen molar-refractivity contribution in [3.05, 3.63) is 53.3 Å². The van der Waals surface area contributed by atoms with Crippen LogP contribution in [0.5, 0.6) is 5.75 Å². The smallest absolute Gasteiger partial charge is 0.339 e. The number of nitrogens with zero attached hydrogens (tertiary/aromatic N) is 1. The molecule has 0 fully saturated rings. The third-order valence-electron chi connectivity index (χ3n) is 3.64. The molecule has 26 heavy (non-hydrogen) atoms. The molecule has 140 valence electrons. The number of carboxylic acid groups (broad SMARTS) is 1. The van der Waals surface area contributed by atoms with Crippen molar-refractivity contribution in [1.82, 2.24) is 0 Å². The first-order chi connectivity index (χ1) is 12.0. The van der Waals surface area contributed by atoms with E-state index in [4.69, 9.17) is 21.4 Å². The normalized spacial score (nSPS) is 9.92. The van der Waals surface area contributed by atoms with Crippen LogP contribution < -0.4 is 31.6 Å². The van der Waals surface area contributed by atoms with Crippen molar-refractivity contribution >= 4 is 29.2 Å². The lowest BCUT2D eigenvalue weighted by molar-refractivity contribution is -0.697. The Morgan fingerprint density at radius 2 is 1.88 bits per heavy atom. The zero-order valence-corrected chi connectivity index (χ0v) is 16.6. The Labute approximate surface area is 167 Å². The van der Waals surface area contributed by atoms with Crippen molar-refractivity contribution in [1.29, 1.82) is 0 Å². The summed E-state index contributed by atoms with van der Waals surface area (Å²) < 4.78 is 7.10. The molecule has 0 atom stereocenters. The summed E-state index contributed by atoms with van der Waals surface area (Å²) >= 11 is 6.05. The molecule has 0 saturated carbocycles. The predicted octanol–water partition coefficient (Wildman–Crippen LogP) is 0.147. The highest BCUT2D eigenvalue weighted by Gasteiger charge is 2.16. The average molecular weight is 444 g/mol. The Kier molecular flexibility index (Phi) is 9.09. The summed E-state index contributed by atoms with van der Waals surface area (Å²) in [5.41, 5.74) is 0.288. The lowest BCUT2D eigenvalue weighted by Gasteiger charge is -2.11. The summed E-state index contributed by atoms with van der Waals surface area (Å²) in [5, 5.41) is 12.0. The number of unbranched alkanes of at least 4 members (excludes halogenated alkanes) is 1. The SMILES string of the molecule is COc1cc(NC(=O)CCCC[n+]2ccccc2)c(Cl)cc1C(=O)O.[Br-]. The van der Waals surface area contributed by atoms with Gasteiger partial charge in [-0.05, 0) is 12.5 Å². The van der Waals surface area contributed by atoms with Crippen LogP contribution in [-0.2, 0) is 11.3 Å². The molecule has 0 unspecified atom stereocenters. The van der Waals surface area contributed by atoms with Crippen LogP contribution in [0.4, 0.5) is 5.69 Å². The molecule has 6 nitrogen and oxygen atoms in total. The van der Waals surface area contributed by atoms with Crippen molar-refractivity contribution in [3.8, 4) is 5.75 Å². The highest BCUT2D eigenvalue weighted by molar-refractivity contribution is 6.34. The molecular formula is C18H20BrClN2O4. The van der Waals surface area contributed by atoms with Gasteiger partial charge in [-0.25, -0.2) is 9.36 Å². The molecule has 0 aliphatic carbocycles. The molecular weight excluding hydrogens is 424 g/mol. The van der Waals surface area contributed by atoms with Crippen molar-refractivity contribution < 1.29 is 41.0 Å². The van der Waals surface area contributed by atoms with E-state index in [1.54, 1.807) is 0 Å². The standard InChI is InChI=1S/C18H19ClN2O4.BrH/c1-25-16-12-15(14(19)11-13(16)18(23)24)20-17(22)7-3-6-10-21-8-4-2-5-9-21;/h2,4-5,8-9,11-12H,3,6-7,10H2,1H3,(H-,20,22,23,24);1H. The van der Waals surface area contributed by atoms with E-state index in [9.17, 15) is 9.59 Å². The van der Waals surface area contributed by atoms with Crippen LogP contribution in [0.1, 0.15) is 29.6 Å². The van der Waals surface area contributed by atoms with E-state index in [1.165, 1.54) is 19.2 Å². The van der Waals surface area contributed by atoms with E-state index in [2.05, 4.69) is 9.88 Å². The summed E-state index contributed by atoms with van der Waals surface area (Å²) in [6.45, 7) is 0.843. The largest absolute Gasteiger partial charge is 1.00 e. The summed E-state index contributed by atoms with van der Waals surface area (Å²) in [6, 6.07) is 8.57. The van der Waals surface area contributed by atoms with Gasteiger partial charge in [0.2, 0.25) is 5.91 Å². The maximum atomic E-state index is 12.1. The third kappa shape index (κ3) is 6.31. The van der Waals surface area contributed by atoms with Gasteiger partial charge in [-0.1, -0.05) is 17.7 Å². The monoisotopic (exact) mass is 442 g/mol. The van der Waals surface area contributed by atoms with E-state index in [1.807, 2.05) is 30.6 Å². The summed E-state index contributed by atoms with van der Waals surface area (Å²) in [7, 11) is 1.36. The molecule has 2 aromatic rings. The molecule has 2 N–H and O–H groups in total. The number of nitrogens with one attached hydrogen (secondary N) is 1. The number of amides is 1. The number of anilines is 1. The minimum atomic E-state index is -1.14. The van der Waals surface area contributed by atoms with E-state index < -0.39 is 5.97 Å². The second-order valence-corrected chi connectivity index (χ2v) is 5.86. The van der Waals surface area contributed by atoms with Gasteiger partial charge in [0.1, 0.15) is 17.9 Å². The topological polar surface area (TPSA) is 79.5 Å². The number of hydrogen-bond acceptors (Lipinski definition) is 3. The molecule has 8 heteroatoms. The van der Waals surface area contributed by atoms with Crippen molar-refractivity contribution in [2.24, 2.45) is 0 Å². The second kappa shape index (κ2) is 10.8. The first kappa shape index (κ1) is 21.9. The summed E-state index contributed by atoms with van der Waals surface area (Å²) in [5.74, 6) is -1.17. The number of ether oxygens (including phenoxy) is 1. The van der Waals surface area contributed by atoms with Crippen LogP contribution in [0.2, 0.25) is 5.02 Å². The minimum Gasteiger partial charge on any atom is -1.00 e. The van der Waals surface area contributed by atoms with E-state index >= 15 is 0 Å². The molecule has 0 bridgehead atoms. The number of aryl methyl sites for hydroxylation is 1. The van der Waals surface area contributed by atoms with Gasteiger partial charge in [0.15, 0.2) is 12.4 Å². The van der Waals surface area contributed by atoms with Crippen LogP contribution in [-0.4, -0.2) is 24.1 Å². The number of pyridine rings is 1. The number of aromatic nitrogens is 1. The minimum absolute atomic E-state index is 0. The summed E-state index contributed by atoms with van der Waals surface area (Å²) in [4.78, 5) is 23.2. The predicted molar refractivity (Wildman–Crippen MR) is 94.1 cm³/mol. The number of carbonyl (C=O) groups excluding carboxylic acids is 1. The fourth-order valence-corrected chi connectivity index (χ4v) is 2.57. The van der Waals surface area contributed by atoms with Gasteiger partial charge in [-0.2, -0.15) is 0 Å². The first-order valence-electron chi connectivity index (χ1n) is 7.86. The number of benzene rings is 1. The fraction of sp³-hybridized carbons (Fsp3) is 0.278. The molecule has 2 rings (SSSR count). The van der Waals surface area contributed by atoms with Gasteiger partial charge >= 0.3 is 5.97 Å². The molecule has 0 aliphatic rings. The van der Waals surface area contributed by atoms with Gasteiger partial charge in [0.05, 0.1) is 17.8 Å². The van der Waals surface area contributed by atoms with Crippen LogP contribution in [0.3, 0.4) is 0 Å². The Morgan fingerprint density at radius 3 is 2.50 bits per heavy atom.